The number of nitriles is 1. The Balaban J connectivity index is 1.82. The third-order valence-electron chi connectivity index (χ3n) is 6.80. The molecule has 0 spiro atoms. The molecule has 0 aromatic heterocycles. The molecule has 38 heavy (non-hydrogen) atoms. The predicted octanol–water partition coefficient (Wildman–Crippen LogP) is 2.71. The molecule has 1 fully saturated rings. The number of esters is 2. The molecular weight excluding hydrogens is 490 g/mol. The lowest BCUT2D eigenvalue weighted by Crippen LogP contribution is -2.49. The van der Waals surface area contributed by atoms with Crippen molar-refractivity contribution in [3.05, 3.63) is 62.5 Å². The Kier molecular flexibility index (Phi) is 9.25. The van der Waals surface area contributed by atoms with E-state index < -0.39 is 22.8 Å². The lowest BCUT2D eigenvalue weighted by molar-refractivity contribution is -0.384. The minimum absolute atomic E-state index is 0.138. The van der Waals surface area contributed by atoms with Crippen molar-refractivity contribution in [3.8, 4) is 6.07 Å². The molecule has 0 saturated carbocycles. The van der Waals surface area contributed by atoms with Gasteiger partial charge in [-0.15, -0.1) is 0 Å². The first-order valence-corrected chi connectivity index (χ1v) is 12.5. The molecule has 1 N–H and O–H groups in total. The van der Waals surface area contributed by atoms with Gasteiger partial charge in [0.05, 0.1) is 48.3 Å². The first-order valence-electron chi connectivity index (χ1n) is 12.5. The van der Waals surface area contributed by atoms with Crippen molar-refractivity contribution in [3.63, 3.8) is 0 Å². The van der Waals surface area contributed by atoms with Gasteiger partial charge in [-0.1, -0.05) is 26.0 Å². The summed E-state index contributed by atoms with van der Waals surface area (Å²) in [6.07, 6.45) is 0. The molecule has 11 nitrogen and oxygen atoms in total. The fraction of sp³-hybridized carbons (Fsp3) is 0.519. The largest absolute Gasteiger partial charge is 0.466 e. The van der Waals surface area contributed by atoms with Gasteiger partial charge in [0.2, 0.25) is 0 Å². The van der Waals surface area contributed by atoms with Gasteiger partial charge in [-0.25, -0.2) is 9.59 Å². The molecule has 0 radical (unpaired) electrons. The minimum Gasteiger partial charge on any atom is -0.466 e. The summed E-state index contributed by atoms with van der Waals surface area (Å²) < 4.78 is 10.8. The molecular formula is C27H35N5O6. The van der Waals surface area contributed by atoms with Crippen LogP contribution in [-0.4, -0.2) is 79.6 Å². The zero-order valence-corrected chi connectivity index (χ0v) is 22.6. The number of nitro groups is 1. The summed E-state index contributed by atoms with van der Waals surface area (Å²) >= 11 is 0. The number of dihydropyridines is 1. The summed E-state index contributed by atoms with van der Waals surface area (Å²) in [4.78, 5) is 41.7. The number of carbonyl (C=O) groups is 2. The maximum atomic E-state index is 13.5. The van der Waals surface area contributed by atoms with Crippen LogP contribution in [0.3, 0.4) is 0 Å². The van der Waals surface area contributed by atoms with E-state index in [1.807, 2.05) is 13.8 Å². The lowest BCUT2D eigenvalue weighted by atomic mass is 9.80. The first kappa shape index (κ1) is 28.8. The number of methoxy groups -OCH3 is 1. The first-order chi connectivity index (χ1) is 18.0. The highest BCUT2D eigenvalue weighted by atomic mass is 16.6. The van der Waals surface area contributed by atoms with Gasteiger partial charge in [0.15, 0.2) is 0 Å². The number of nitrogens with one attached hydrogen (secondary N) is 1. The van der Waals surface area contributed by atoms with Crippen molar-refractivity contribution in [2.45, 2.75) is 33.6 Å². The number of nitrogens with zero attached hydrogens (tertiary/aromatic N) is 4. The van der Waals surface area contributed by atoms with E-state index in [0.717, 1.165) is 26.2 Å². The van der Waals surface area contributed by atoms with E-state index in [9.17, 15) is 19.7 Å². The molecule has 2 aliphatic heterocycles. The van der Waals surface area contributed by atoms with Gasteiger partial charge in [-0.3, -0.25) is 15.0 Å². The maximum Gasteiger partial charge on any atom is 0.336 e. The van der Waals surface area contributed by atoms with E-state index in [1.165, 1.54) is 25.3 Å². The second-order valence-corrected chi connectivity index (χ2v) is 10.4. The van der Waals surface area contributed by atoms with Gasteiger partial charge >= 0.3 is 11.9 Å². The van der Waals surface area contributed by atoms with Gasteiger partial charge in [0, 0.05) is 61.7 Å². The van der Waals surface area contributed by atoms with Crippen LogP contribution in [0.4, 0.5) is 5.69 Å². The van der Waals surface area contributed by atoms with E-state index in [0.29, 0.717) is 30.0 Å². The molecule has 0 bridgehead atoms. The van der Waals surface area contributed by atoms with Crippen LogP contribution >= 0.6 is 0 Å². The molecule has 0 amide bonds. The monoisotopic (exact) mass is 525 g/mol. The smallest absolute Gasteiger partial charge is 0.336 e. The topological polar surface area (TPSA) is 138 Å². The number of hydrogen-bond acceptors (Lipinski definition) is 10. The quantitative estimate of drug-likeness (QED) is 0.222. The van der Waals surface area contributed by atoms with Crippen LogP contribution in [0.15, 0.2) is 46.8 Å². The Morgan fingerprint density at radius 3 is 2.32 bits per heavy atom. The molecule has 1 aromatic carbocycles. The van der Waals surface area contributed by atoms with Gasteiger partial charge in [0.25, 0.3) is 5.69 Å². The Morgan fingerprint density at radius 1 is 1.13 bits per heavy atom. The Labute approximate surface area is 222 Å². The summed E-state index contributed by atoms with van der Waals surface area (Å²) in [5, 5.41) is 23.4. The van der Waals surface area contributed by atoms with Crippen LogP contribution in [0.25, 0.3) is 0 Å². The highest BCUT2D eigenvalue weighted by molar-refractivity contribution is 5.99. The molecule has 204 valence electrons. The van der Waals surface area contributed by atoms with E-state index in [1.54, 1.807) is 19.9 Å². The van der Waals surface area contributed by atoms with Crippen molar-refractivity contribution in [2.24, 2.45) is 5.41 Å². The van der Waals surface area contributed by atoms with Crippen LogP contribution in [0.2, 0.25) is 0 Å². The molecule has 1 unspecified atom stereocenters. The van der Waals surface area contributed by atoms with Gasteiger partial charge in [-0.2, -0.15) is 5.26 Å². The summed E-state index contributed by atoms with van der Waals surface area (Å²) in [5.41, 5.74) is 1.31. The van der Waals surface area contributed by atoms with Crippen LogP contribution in [0.1, 0.15) is 39.2 Å². The van der Waals surface area contributed by atoms with Crippen LogP contribution in [0.5, 0.6) is 0 Å². The lowest BCUT2D eigenvalue weighted by Gasteiger charge is -2.38. The average Bonchev–Trinajstić information content (AvgIpc) is 2.87. The van der Waals surface area contributed by atoms with Gasteiger partial charge < -0.3 is 19.7 Å². The Bertz CT molecular complexity index is 1190. The van der Waals surface area contributed by atoms with E-state index in [2.05, 4.69) is 21.2 Å². The van der Waals surface area contributed by atoms with Crippen molar-refractivity contribution < 1.29 is 24.0 Å². The number of nitro benzene ring substituents is 1. The summed E-state index contributed by atoms with van der Waals surface area (Å²) in [6, 6.07) is 8.08. The fourth-order valence-corrected chi connectivity index (χ4v) is 4.99. The highest BCUT2D eigenvalue weighted by Crippen LogP contribution is 2.40. The maximum absolute atomic E-state index is 13.5. The van der Waals surface area contributed by atoms with Crippen molar-refractivity contribution in [1.29, 1.82) is 5.26 Å². The number of rotatable bonds is 9. The predicted molar refractivity (Wildman–Crippen MR) is 140 cm³/mol. The summed E-state index contributed by atoms with van der Waals surface area (Å²) in [7, 11) is 1.25. The number of carbonyl (C=O) groups excluding carboxylic acids is 2. The number of allylic oxidation sites excluding steroid dienone is 2. The molecule has 1 atom stereocenters. The second kappa shape index (κ2) is 12.2. The van der Waals surface area contributed by atoms with Crippen molar-refractivity contribution >= 4 is 17.6 Å². The molecule has 2 heterocycles. The number of hydrogen-bond donors (Lipinski definition) is 1. The summed E-state index contributed by atoms with van der Waals surface area (Å²) in [6.45, 7) is 12.0. The van der Waals surface area contributed by atoms with Crippen molar-refractivity contribution in [2.75, 3.05) is 53.0 Å². The number of piperazine rings is 1. The van der Waals surface area contributed by atoms with Crippen LogP contribution in [0, 0.1) is 26.9 Å². The third-order valence-corrected chi connectivity index (χ3v) is 6.80. The van der Waals surface area contributed by atoms with E-state index >= 15 is 0 Å². The number of non-ortho nitro benzene ring substituents is 1. The minimum atomic E-state index is -0.896. The van der Waals surface area contributed by atoms with Crippen molar-refractivity contribution in [1.82, 2.24) is 15.1 Å². The second-order valence-electron chi connectivity index (χ2n) is 10.4. The number of benzene rings is 1. The molecule has 11 heteroatoms. The zero-order valence-electron chi connectivity index (χ0n) is 22.6. The molecule has 1 aromatic rings. The fourth-order valence-electron chi connectivity index (χ4n) is 4.99. The van der Waals surface area contributed by atoms with Gasteiger partial charge in [0.1, 0.15) is 0 Å². The molecule has 0 aliphatic carbocycles. The highest BCUT2D eigenvalue weighted by Gasteiger charge is 2.39. The Morgan fingerprint density at radius 2 is 1.74 bits per heavy atom. The zero-order chi connectivity index (χ0) is 28.0. The normalized spacial score (nSPS) is 19.0. The van der Waals surface area contributed by atoms with Crippen LogP contribution in [-0.2, 0) is 19.1 Å². The van der Waals surface area contributed by atoms with Gasteiger partial charge in [-0.05, 0) is 19.4 Å². The van der Waals surface area contributed by atoms with Crippen LogP contribution < -0.4 is 5.32 Å². The standard InChI is InChI=1S/C27H35N5O6/c1-18-22(25(33)37-5)24(20-7-6-8-21(15-20)32(35)36)23(19(2)29-18)26(34)38-17-27(3,4)16-31-13-11-30(10-9-28)12-14-31/h6-8,15,24,29H,10-14,16-17H2,1-5H3. The molecule has 3 rings (SSSR count). The molecule has 2 aliphatic rings. The SMILES string of the molecule is COC(=O)C1=C(C)NC(C)=C(C(=O)OCC(C)(C)CN2CCN(CC#N)CC2)C1c1cccc([N+](=O)[O-])c1. The third kappa shape index (κ3) is 6.76. The average molecular weight is 526 g/mol. The van der Waals surface area contributed by atoms with E-state index in [-0.39, 0.29) is 28.9 Å². The number of ether oxygens (including phenoxy) is 2. The summed E-state index contributed by atoms with van der Waals surface area (Å²) in [5.74, 6) is -2.14. The molecule has 1 saturated heterocycles. The Hall–Kier alpha value is -3.75. The van der Waals surface area contributed by atoms with E-state index in [4.69, 9.17) is 14.7 Å².